The highest BCUT2D eigenvalue weighted by Crippen LogP contribution is 2.44. The van der Waals surface area contributed by atoms with Gasteiger partial charge in [0.1, 0.15) is 13.2 Å². The molecular formula is C25H22N2O5. The maximum absolute atomic E-state index is 12.4. The van der Waals surface area contributed by atoms with Gasteiger partial charge in [0.05, 0.1) is 6.42 Å². The number of carbonyl (C=O) groups excluding carboxylic acids is 2. The molecule has 0 heterocycles. The molecule has 0 fully saturated rings. The molecule has 1 aliphatic rings. The van der Waals surface area contributed by atoms with Crippen LogP contribution < -0.4 is 10.6 Å². The Hall–Kier alpha value is -4.13. The van der Waals surface area contributed by atoms with E-state index in [9.17, 15) is 14.4 Å². The van der Waals surface area contributed by atoms with Crippen molar-refractivity contribution in [3.8, 4) is 11.1 Å². The third-order valence-electron chi connectivity index (χ3n) is 5.35. The van der Waals surface area contributed by atoms with Crippen LogP contribution in [0.1, 0.15) is 22.6 Å². The first-order chi connectivity index (χ1) is 15.5. The van der Waals surface area contributed by atoms with Gasteiger partial charge in [-0.2, -0.15) is 0 Å². The zero-order chi connectivity index (χ0) is 22.5. The van der Waals surface area contributed by atoms with Crippen molar-refractivity contribution in [3.63, 3.8) is 0 Å². The van der Waals surface area contributed by atoms with Gasteiger partial charge in [-0.25, -0.2) is 4.79 Å². The Morgan fingerprint density at radius 3 is 2.03 bits per heavy atom. The summed E-state index contributed by atoms with van der Waals surface area (Å²) in [4.78, 5) is 34.5. The van der Waals surface area contributed by atoms with Gasteiger partial charge in [0.25, 0.3) is 0 Å². The highest BCUT2D eigenvalue weighted by atomic mass is 16.5. The minimum Gasteiger partial charge on any atom is -0.480 e. The second-order valence-corrected chi connectivity index (χ2v) is 7.49. The number of fused-ring (bicyclic) bond motifs is 3. The van der Waals surface area contributed by atoms with E-state index < -0.39 is 18.6 Å². The van der Waals surface area contributed by atoms with Crippen LogP contribution in [-0.2, 0) is 20.7 Å². The molecule has 0 aliphatic heterocycles. The molecule has 3 aromatic carbocycles. The average molecular weight is 430 g/mol. The molecule has 4 rings (SSSR count). The number of hydrogen-bond acceptors (Lipinski definition) is 4. The average Bonchev–Trinajstić information content (AvgIpc) is 3.11. The number of carbonyl (C=O) groups is 3. The Labute approximate surface area is 185 Å². The second kappa shape index (κ2) is 9.34. The lowest BCUT2D eigenvalue weighted by atomic mass is 9.98. The largest absolute Gasteiger partial charge is 0.480 e. The molecule has 1 aliphatic carbocycles. The zero-order valence-corrected chi connectivity index (χ0v) is 17.2. The van der Waals surface area contributed by atoms with Crippen molar-refractivity contribution < 1.29 is 24.2 Å². The summed E-state index contributed by atoms with van der Waals surface area (Å²) in [7, 11) is 0. The van der Waals surface area contributed by atoms with Crippen molar-refractivity contribution in [3.05, 3.63) is 89.5 Å². The molecule has 0 spiro atoms. The molecule has 0 unspecified atom stereocenters. The molecule has 7 nitrogen and oxygen atoms in total. The Kier molecular flexibility index (Phi) is 6.17. The summed E-state index contributed by atoms with van der Waals surface area (Å²) in [6.07, 6.45) is -0.503. The van der Waals surface area contributed by atoms with Crippen LogP contribution >= 0.6 is 0 Å². The molecule has 3 aromatic rings. The first kappa shape index (κ1) is 21.1. The molecule has 3 N–H and O–H groups in total. The number of nitrogens with one attached hydrogen (secondary N) is 2. The van der Waals surface area contributed by atoms with Crippen molar-refractivity contribution >= 4 is 23.7 Å². The van der Waals surface area contributed by atoms with Crippen molar-refractivity contribution in [1.29, 1.82) is 0 Å². The van der Waals surface area contributed by atoms with Gasteiger partial charge >= 0.3 is 12.1 Å². The predicted octanol–water partition coefficient (Wildman–Crippen LogP) is 3.79. The summed E-state index contributed by atoms with van der Waals surface area (Å²) < 4.78 is 5.52. The number of benzene rings is 3. The summed E-state index contributed by atoms with van der Waals surface area (Å²) in [6.45, 7) is -0.193. The summed E-state index contributed by atoms with van der Waals surface area (Å²) in [5, 5.41) is 13.6. The van der Waals surface area contributed by atoms with Gasteiger partial charge < -0.3 is 15.2 Å². The van der Waals surface area contributed by atoms with E-state index in [0.717, 1.165) is 11.1 Å². The number of carboxylic acid groups (broad SMARTS) is 1. The third-order valence-corrected chi connectivity index (χ3v) is 5.35. The van der Waals surface area contributed by atoms with E-state index in [4.69, 9.17) is 9.84 Å². The fraction of sp³-hybridized carbons (Fsp3) is 0.160. The van der Waals surface area contributed by atoms with Gasteiger partial charge in [0, 0.05) is 11.6 Å². The first-order valence-electron chi connectivity index (χ1n) is 10.2. The standard InChI is InChI=1S/C25H22N2O5/c28-23(26-14-24(29)30)13-16-9-11-17(12-10-16)27-25(31)32-15-22-20-7-3-1-5-18(20)19-6-2-4-8-21(19)22/h1-12,22H,13-15H2,(H,26,28)(H,27,31)(H,29,30). The maximum atomic E-state index is 12.4. The van der Waals surface area contributed by atoms with Gasteiger partial charge in [-0.1, -0.05) is 60.7 Å². The molecule has 0 atom stereocenters. The predicted molar refractivity (Wildman–Crippen MR) is 119 cm³/mol. The van der Waals surface area contributed by atoms with Crippen LogP contribution in [0.3, 0.4) is 0 Å². The lowest BCUT2D eigenvalue weighted by Gasteiger charge is -2.14. The van der Waals surface area contributed by atoms with Crippen LogP contribution in [0, 0.1) is 0 Å². The molecule has 2 amide bonds. The molecule has 0 aromatic heterocycles. The van der Waals surface area contributed by atoms with Crippen LogP contribution in [0.4, 0.5) is 10.5 Å². The van der Waals surface area contributed by atoms with Crippen molar-refractivity contribution in [2.45, 2.75) is 12.3 Å². The molecule has 0 bridgehead atoms. The van der Waals surface area contributed by atoms with Crippen molar-refractivity contribution in [2.75, 3.05) is 18.5 Å². The lowest BCUT2D eigenvalue weighted by molar-refractivity contribution is -0.137. The zero-order valence-electron chi connectivity index (χ0n) is 17.2. The topological polar surface area (TPSA) is 105 Å². The van der Waals surface area contributed by atoms with E-state index in [1.54, 1.807) is 24.3 Å². The van der Waals surface area contributed by atoms with Crippen LogP contribution in [-0.4, -0.2) is 36.2 Å². The number of ether oxygens (including phenoxy) is 1. The molecule has 162 valence electrons. The smallest absolute Gasteiger partial charge is 0.411 e. The first-order valence-corrected chi connectivity index (χ1v) is 10.2. The molecule has 32 heavy (non-hydrogen) atoms. The maximum Gasteiger partial charge on any atom is 0.411 e. The SMILES string of the molecule is O=C(O)CNC(=O)Cc1ccc(NC(=O)OCC2c3ccccc3-c3ccccc32)cc1. The molecule has 0 radical (unpaired) electrons. The lowest BCUT2D eigenvalue weighted by Crippen LogP contribution is -2.30. The Bertz CT molecular complexity index is 1110. The van der Waals surface area contributed by atoms with Crippen molar-refractivity contribution in [1.82, 2.24) is 5.32 Å². The van der Waals surface area contributed by atoms with E-state index in [1.807, 2.05) is 24.3 Å². The van der Waals surface area contributed by atoms with E-state index >= 15 is 0 Å². The molecular weight excluding hydrogens is 408 g/mol. The minimum absolute atomic E-state index is 0.0140. The van der Waals surface area contributed by atoms with Gasteiger partial charge in [-0.05, 0) is 39.9 Å². The summed E-state index contributed by atoms with van der Waals surface area (Å²) in [6, 6.07) is 23.0. The monoisotopic (exact) mass is 430 g/mol. The van der Waals surface area contributed by atoms with Gasteiger partial charge in [0.15, 0.2) is 0 Å². The number of aliphatic carboxylic acids is 1. The minimum atomic E-state index is -1.10. The Morgan fingerprint density at radius 1 is 0.844 bits per heavy atom. The van der Waals surface area contributed by atoms with E-state index in [0.29, 0.717) is 11.3 Å². The second-order valence-electron chi connectivity index (χ2n) is 7.49. The van der Waals surface area contributed by atoms with Crippen LogP contribution in [0.25, 0.3) is 11.1 Å². The molecule has 7 heteroatoms. The van der Waals surface area contributed by atoms with Crippen LogP contribution in [0.15, 0.2) is 72.8 Å². The number of rotatable bonds is 7. The quantitative estimate of drug-likeness (QED) is 0.529. The number of anilines is 1. The highest BCUT2D eigenvalue weighted by Gasteiger charge is 2.28. The van der Waals surface area contributed by atoms with Crippen LogP contribution in [0.5, 0.6) is 0 Å². The Balaban J connectivity index is 1.33. The van der Waals surface area contributed by atoms with E-state index in [1.165, 1.54) is 11.1 Å². The molecule has 0 saturated heterocycles. The van der Waals surface area contributed by atoms with Gasteiger partial charge in [-0.15, -0.1) is 0 Å². The fourth-order valence-electron chi connectivity index (χ4n) is 3.88. The number of amides is 2. The third kappa shape index (κ3) is 4.78. The fourth-order valence-corrected chi connectivity index (χ4v) is 3.88. The van der Waals surface area contributed by atoms with Gasteiger partial charge in [0.2, 0.25) is 5.91 Å². The normalized spacial score (nSPS) is 11.9. The molecule has 0 saturated carbocycles. The highest BCUT2D eigenvalue weighted by molar-refractivity contribution is 5.86. The Morgan fingerprint density at radius 2 is 1.44 bits per heavy atom. The van der Waals surface area contributed by atoms with E-state index in [-0.39, 0.29) is 24.9 Å². The van der Waals surface area contributed by atoms with Gasteiger partial charge in [-0.3, -0.25) is 14.9 Å². The summed E-state index contributed by atoms with van der Waals surface area (Å²) in [5.74, 6) is -1.49. The van der Waals surface area contributed by atoms with E-state index in [2.05, 4.69) is 34.9 Å². The van der Waals surface area contributed by atoms with Crippen LogP contribution in [0.2, 0.25) is 0 Å². The number of carboxylic acids is 1. The van der Waals surface area contributed by atoms with Crippen molar-refractivity contribution in [2.24, 2.45) is 0 Å². The summed E-state index contributed by atoms with van der Waals surface area (Å²) >= 11 is 0. The number of hydrogen-bond donors (Lipinski definition) is 3. The summed E-state index contributed by atoms with van der Waals surface area (Å²) in [5.41, 5.74) is 5.86.